The van der Waals surface area contributed by atoms with Gasteiger partial charge in [0.2, 0.25) is 10.0 Å². The predicted molar refractivity (Wildman–Crippen MR) is 122 cm³/mol. The Morgan fingerprint density at radius 2 is 1.67 bits per heavy atom. The minimum Gasteiger partial charge on any atom is -0.350 e. The van der Waals surface area contributed by atoms with Gasteiger partial charge >= 0.3 is 0 Å². The molecule has 0 fully saturated rings. The van der Waals surface area contributed by atoms with E-state index in [4.69, 9.17) is 23.2 Å². The Bertz CT molecular complexity index is 980. The molecule has 2 aromatic rings. The van der Waals surface area contributed by atoms with Crippen LogP contribution in [-0.4, -0.2) is 46.4 Å². The van der Waals surface area contributed by atoms with Crippen LogP contribution >= 0.6 is 23.2 Å². The first-order chi connectivity index (χ1) is 14.0. The Kier molecular flexibility index (Phi) is 8.70. The molecule has 0 spiro atoms. The highest BCUT2D eigenvalue weighted by Gasteiger charge is 2.23. The average molecular weight is 472 g/mol. The van der Waals surface area contributed by atoms with Gasteiger partial charge in [-0.25, -0.2) is 13.1 Å². The number of carbonyl (C=O) groups is 1. The molecule has 0 aliphatic rings. The highest BCUT2D eigenvalue weighted by molar-refractivity contribution is 7.89. The van der Waals surface area contributed by atoms with E-state index in [1.54, 1.807) is 0 Å². The van der Waals surface area contributed by atoms with Crippen LogP contribution in [0.15, 0.2) is 47.4 Å². The van der Waals surface area contributed by atoms with Gasteiger partial charge in [0, 0.05) is 13.1 Å². The summed E-state index contributed by atoms with van der Waals surface area (Å²) in [7, 11) is -0.0337. The van der Waals surface area contributed by atoms with Crippen LogP contribution < -0.4 is 10.0 Å². The molecule has 0 saturated heterocycles. The van der Waals surface area contributed by atoms with Crippen molar-refractivity contribution in [3.63, 3.8) is 0 Å². The van der Waals surface area contributed by atoms with Gasteiger partial charge in [0.15, 0.2) is 0 Å². The van der Waals surface area contributed by atoms with E-state index < -0.39 is 15.9 Å². The number of hydrogen-bond donors (Lipinski definition) is 2. The number of halogens is 2. The third kappa shape index (κ3) is 6.43. The first kappa shape index (κ1) is 24.6. The summed E-state index contributed by atoms with van der Waals surface area (Å²) >= 11 is 12.3. The van der Waals surface area contributed by atoms with Crippen molar-refractivity contribution in [2.24, 2.45) is 5.92 Å². The lowest BCUT2D eigenvalue weighted by Crippen LogP contribution is -2.35. The first-order valence-electron chi connectivity index (χ1n) is 9.51. The van der Waals surface area contributed by atoms with Gasteiger partial charge in [-0.1, -0.05) is 67.4 Å². The maximum atomic E-state index is 12.8. The van der Waals surface area contributed by atoms with Crippen molar-refractivity contribution in [1.82, 2.24) is 14.9 Å². The second-order valence-electron chi connectivity index (χ2n) is 7.61. The Hall–Kier alpha value is -1.64. The van der Waals surface area contributed by atoms with Crippen LogP contribution in [0.25, 0.3) is 0 Å². The molecule has 0 heterocycles. The van der Waals surface area contributed by atoms with Gasteiger partial charge in [-0.2, -0.15) is 0 Å². The minimum atomic E-state index is -3.88. The van der Waals surface area contributed by atoms with Gasteiger partial charge in [0.25, 0.3) is 5.91 Å². The highest BCUT2D eigenvalue weighted by atomic mass is 35.5. The summed E-state index contributed by atoms with van der Waals surface area (Å²) in [5.74, 6) is -0.352. The zero-order valence-electron chi connectivity index (χ0n) is 17.4. The molecular weight excluding hydrogens is 445 g/mol. The molecule has 30 heavy (non-hydrogen) atoms. The van der Waals surface area contributed by atoms with Crippen LogP contribution in [-0.2, 0) is 10.0 Å². The normalized spacial score (nSPS) is 12.9. The fraction of sp³-hybridized carbons (Fsp3) is 0.381. The number of likely N-dealkylation sites (N-methyl/N-ethyl adjacent to an activating group) is 1. The molecule has 2 N–H and O–H groups in total. The summed E-state index contributed by atoms with van der Waals surface area (Å²) < 4.78 is 27.7. The van der Waals surface area contributed by atoms with Crippen molar-refractivity contribution in [2.75, 3.05) is 27.2 Å². The SMILES string of the molecule is CC(C)CNS(=O)(=O)c1cc(C(=O)NC[C@@H](c2ccccc2)N(C)C)c(Cl)cc1Cl. The lowest BCUT2D eigenvalue weighted by Gasteiger charge is -2.25. The van der Waals surface area contributed by atoms with Gasteiger partial charge in [0.05, 0.1) is 21.7 Å². The van der Waals surface area contributed by atoms with Crippen LogP contribution in [0.5, 0.6) is 0 Å². The van der Waals surface area contributed by atoms with Crippen molar-refractivity contribution in [3.05, 3.63) is 63.6 Å². The van der Waals surface area contributed by atoms with Gasteiger partial charge in [0.1, 0.15) is 4.90 Å². The van der Waals surface area contributed by atoms with Crippen molar-refractivity contribution in [3.8, 4) is 0 Å². The standard InChI is InChI=1S/C21H27Cl2N3O3S/c1-14(2)12-25-30(28,29)20-10-16(17(22)11-18(20)23)21(27)24-13-19(26(3)4)15-8-6-5-7-9-15/h5-11,14,19,25H,12-13H2,1-4H3,(H,24,27)/t19-/m0/s1. The van der Waals surface area contributed by atoms with E-state index in [0.29, 0.717) is 6.54 Å². The lowest BCUT2D eigenvalue weighted by atomic mass is 10.1. The van der Waals surface area contributed by atoms with Crippen LogP contribution in [0.4, 0.5) is 0 Å². The molecule has 0 radical (unpaired) electrons. The molecule has 1 amide bonds. The maximum absolute atomic E-state index is 12.8. The van der Waals surface area contributed by atoms with E-state index in [1.807, 2.05) is 63.2 Å². The summed E-state index contributed by atoms with van der Waals surface area (Å²) in [6.07, 6.45) is 0. The number of rotatable bonds is 9. The van der Waals surface area contributed by atoms with Crippen LogP contribution in [0.3, 0.4) is 0 Å². The Balaban J connectivity index is 2.25. The zero-order chi connectivity index (χ0) is 22.5. The molecule has 6 nitrogen and oxygen atoms in total. The number of benzene rings is 2. The number of amides is 1. The molecule has 0 aliphatic carbocycles. The van der Waals surface area contributed by atoms with E-state index in [-0.39, 0.29) is 39.0 Å². The number of nitrogens with one attached hydrogen (secondary N) is 2. The monoisotopic (exact) mass is 471 g/mol. The molecule has 9 heteroatoms. The third-order valence-electron chi connectivity index (χ3n) is 4.50. The number of sulfonamides is 1. The van der Waals surface area contributed by atoms with Crippen LogP contribution in [0.2, 0.25) is 10.0 Å². The van der Waals surface area contributed by atoms with Crippen molar-refractivity contribution in [1.29, 1.82) is 0 Å². The summed E-state index contributed by atoms with van der Waals surface area (Å²) in [5.41, 5.74) is 1.10. The fourth-order valence-electron chi connectivity index (χ4n) is 2.82. The van der Waals surface area contributed by atoms with E-state index in [1.165, 1.54) is 12.1 Å². The number of carbonyl (C=O) groups excluding carboxylic acids is 1. The van der Waals surface area contributed by atoms with Gasteiger partial charge < -0.3 is 10.2 Å². The second-order valence-corrected chi connectivity index (χ2v) is 10.2. The fourth-order valence-corrected chi connectivity index (χ4v) is 4.89. The molecule has 2 rings (SSSR count). The van der Waals surface area contributed by atoms with E-state index >= 15 is 0 Å². The minimum absolute atomic E-state index is 0.0386. The highest BCUT2D eigenvalue weighted by Crippen LogP contribution is 2.29. The molecule has 0 aromatic heterocycles. The molecule has 0 bridgehead atoms. The zero-order valence-corrected chi connectivity index (χ0v) is 19.8. The summed E-state index contributed by atoms with van der Waals surface area (Å²) in [5, 5.41) is 2.89. The first-order valence-corrected chi connectivity index (χ1v) is 11.7. The topological polar surface area (TPSA) is 78.5 Å². The van der Waals surface area contributed by atoms with Gasteiger partial charge in [-0.15, -0.1) is 0 Å². The quantitative estimate of drug-likeness (QED) is 0.579. The lowest BCUT2D eigenvalue weighted by molar-refractivity contribution is 0.0942. The smallest absolute Gasteiger partial charge is 0.252 e. The molecule has 0 aliphatic heterocycles. The largest absolute Gasteiger partial charge is 0.350 e. The van der Waals surface area contributed by atoms with E-state index in [9.17, 15) is 13.2 Å². The van der Waals surface area contributed by atoms with Crippen LogP contribution in [0.1, 0.15) is 35.8 Å². The molecular formula is C21H27Cl2N3O3S. The number of hydrogen-bond acceptors (Lipinski definition) is 4. The van der Waals surface area contributed by atoms with Crippen molar-refractivity contribution in [2.45, 2.75) is 24.8 Å². The number of nitrogens with zero attached hydrogens (tertiary/aromatic N) is 1. The Morgan fingerprint density at radius 1 is 1.03 bits per heavy atom. The van der Waals surface area contributed by atoms with Crippen molar-refractivity contribution < 1.29 is 13.2 Å². The molecule has 0 unspecified atom stereocenters. The van der Waals surface area contributed by atoms with Crippen LogP contribution in [0, 0.1) is 5.92 Å². The Morgan fingerprint density at radius 3 is 2.23 bits per heavy atom. The average Bonchev–Trinajstić information content (AvgIpc) is 2.67. The van der Waals surface area contributed by atoms with Gasteiger partial charge in [-0.3, -0.25) is 4.79 Å². The predicted octanol–water partition coefficient (Wildman–Crippen LogP) is 3.96. The molecule has 164 valence electrons. The maximum Gasteiger partial charge on any atom is 0.252 e. The molecule has 2 aromatic carbocycles. The van der Waals surface area contributed by atoms with E-state index in [2.05, 4.69) is 10.0 Å². The third-order valence-corrected chi connectivity index (χ3v) is 6.70. The molecule has 1 atom stereocenters. The van der Waals surface area contributed by atoms with Crippen molar-refractivity contribution >= 4 is 39.1 Å². The summed E-state index contributed by atoms with van der Waals surface area (Å²) in [6.45, 7) is 4.35. The summed E-state index contributed by atoms with van der Waals surface area (Å²) in [4.78, 5) is 14.6. The summed E-state index contributed by atoms with van der Waals surface area (Å²) in [6, 6.07) is 12.2. The second kappa shape index (κ2) is 10.6. The van der Waals surface area contributed by atoms with E-state index in [0.717, 1.165) is 5.56 Å². The van der Waals surface area contributed by atoms with Gasteiger partial charge in [-0.05, 0) is 37.7 Å². The molecule has 0 saturated carbocycles. The Labute approximate surface area is 188 Å².